The van der Waals surface area contributed by atoms with E-state index in [4.69, 9.17) is 0 Å². The monoisotopic (exact) mass is 202 g/mol. The molecule has 0 aromatic carbocycles. The van der Waals surface area contributed by atoms with Crippen LogP contribution in [0.5, 0.6) is 0 Å². The van der Waals surface area contributed by atoms with Crippen LogP contribution >= 0.6 is 0 Å². The summed E-state index contributed by atoms with van der Waals surface area (Å²) in [5.74, 6) is 3.46. The van der Waals surface area contributed by atoms with E-state index in [0.29, 0.717) is 5.41 Å². The van der Waals surface area contributed by atoms with Gasteiger partial charge in [-0.2, -0.15) is 0 Å². The molecule has 0 aromatic heterocycles. The molecule has 0 amide bonds. The molecule has 0 heteroatoms. The smallest absolute Gasteiger partial charge is 0.0104 e. The number of hydrogen-bond acceptors (Lipinski definition) is 0. The molecule has 0 radical (unpaired) electrons. The number of allylic oxidation sites excluding steroid dienone is 2. The van der Waals surface area contributed by atoms with Gasteiger partial charge in [-0.1, -0.05) is 38.2 Å². The number of rotatable bonds is 0. The highest BCUT2D eigenvalue weighted by molar-refractivity contribution is 5.28. The molecule has 82 valence electrons. The maximum absolute atomic E-state index is 4.32. The zero-order valence-electron chi connectivity index (χ0n) is 10.1. The molecule has 3 aliphatic carbocycles. The average Bonchev–Trinajstić information content (AvgIpc) is 2.55. The van der Waals surface area contributed by atoms with Gasteiger partial charge in [0.25, 0.3) is 0 Å². The molecule has 0 nitrogen and oxygen atoms in total. The highest BCUT2D eigenvalue weighted by Crippen LogP contribution is 2.70. The minimum Gasteiger partial charge on any atom is -0.0996 e. The molecule has 4 atom stereocenters. The van der Waals surface area contributed by atoms with Crippen molar-refractivity contribution in [2.24, 2.45) is 29.1 Å². The lowest BCUT2D eigenvalue weighted by atomic mass is 9.82. The fourth-order valence-electron chi connectivity index (χ4n) is 4.51. The van der Waals surface area contributed by atoms with Crippen LogP contribution in [0.2, 0.25) is 0 Å². The molecule has 0 aliphatic heterocycles. The minimum absolute atomic E-state index is 0.594. The molecule has 0 N–H and O–H groups in total. The summed E-state index contributed by atoms with van der Waals surface area (Å²) in [6.07, 6.45) is 5.26. The van der Waals surface area contributed by atoms with Crippen LogP contribution in [0.25, 0.3) is 0 Å². The average molecular weight is 202 g/mol. The minimum atomic E-state index is 0.594. The summed E-state index contributed by atoms with van der Waals surface area (Å²) in [5, 5.41) is 0. The zero-order chi connectivity index (χ0) is 10.8. The fraction of sp³-hybridized carbons (Fsp3) is 0.733. The normalized spacial score (nSPS) is 47.1. The van der Waals surface area contributed by atoms with Crippen molar-refractivity contribution in [1.29, 1.82) is 0 Å². The van der Waals surface area contributed by atoms with E-state index in [0.717, 1.165) is 23.7 Å². The number of hydrogen-bond donors (Lipinski definition) is 0. The van der Waals surface area contributed by atoms with Crippen molar-refractivity contribution in [3.05, 3.63) is 24.3 Å². The molecule has 0 aromatic rings. The van der Waals surface area contributed by atoms with Crippen LogP contribution in [0.15, 0.2) is 24.3 Å². The summed E-state index contributed by atoms with van der Waals surface area (Å²) < 4.78 is 0. The molecule has 3 fully saturated rings. The Morgan fingerprint density at radius 2 is 1.73 bits per heavy atom. The van der Waals surface area contributed by atoms with Gasteiger partial charge in [0.05, 0.1) is 0 Å². The summed E-state index contributed by atoms with van der Waals surface area (Å²) in [7, 11) is 0. The third-order valence-corrected chi connectivity index (χ3v) is 5.51. The Labute approximate surface area is 93.5 Å². The molecular weight excluding hydrogens is 180 g/mol. The molecule has 0 saturated heterocycles. The highest BCUT2D eigenvalue weighted by Gasteiger charge is 2.63. The van der Waals surface area contributed by atoms with Crippen molar-refractivity contribution < 1.29 is 0 Å². The van der Waals surface area contributed by atoms with Crippen LogP contribution in [0.4, 0.5) is 0 Å². The first-order valence-electron chi connectivity index (χ1n) is 6.39. The Kier molecular flexibility index (Phi) is 1.80. The molecule has 3 saturated carbocycles. The van der Waals surface area contributed by atoms with Gasteiger partial charge in [0.15, 0.2) is 0 Å². The van der Waals surface area contributed by atoms with Crippen LogP contribution < -0.4 is 0 Å². The molecule has 3 aliphatic rings. The fourth-order valence-corrected chi connectivity index (χ4v) is 4.51. The Balaban J connectivity index is 1.96. The lowest BCUT2D eigenvalue weighted by Gasteiger charge is -2.23. The summed E-state index contributed by atoms with van der Waals surface area (Å²) in [6, 6.07) is 0. The van der Waals surface area contributed by atoms with Crippen LogP contribution in [0, 0.1) is 29.1 Å². The standard InChI is InChI=1S/C15H22/c1-9-6-8-12-14(15(12,3)4)13-10(2)5-7-11(9)13/h11-14H,1-2,5-8H2,3-4H3. The quantitative estimate of drug-likeness (QED) is 0.517. The van der Waals surface area contributed by atoms with E-state index in [1.54, 1.807) is 0 Å². The van der Waals surface area contributed by atoms with Crippen LogP contribution in [-0.2, 0) is 0 Å². The third-order valence-electron chi connectivity index (χ3n) is 5.51. The van der Waals surface area contributed by atoms with E-state index in [9.17, 15) is 0 Å². The van der Waals surface area contributed by atoms with E-state index < -0.39 is 0 Å². The third kappa shape index (κ3) is 1.14. The molecule has 0 heterocycles. The second-order valence-electron chi connectivity index (χ2n) is 6.48. The summed E-state index contributed by atoms with van der Waals surface area (Å²) in [5.41, 5.74) is 3.65. The van der Waals surface area contributed by atoms with Crippen molar-refractivity contribution >= 4 is 0 Å². The van der Waals surface area contributed by atoms with Crippen molar-refractivity contribution in [1.82, 2.24) is 0 Å². The van der Waals surface area contributed by atoms with Crippen molar-refractivity contribution in [2.45, 2.75) is 39.5 Å². The van der Waals surface area contributed by atoms with Crippen LogP contribution in [0.3, 0.4) is 0 Å². The Hall–Kier alpha value is -0.520. The lowest BCUT2D eigenvalue weighted by molar-refractivity contribution is 0.377. The summed E-state index contributed by atoms with van der Waals surface area (Å²) >= 11 is 0. The first kappa shape index (κ1) is 9.69. The van der Waals surface area contributed by atoms with E-state index in [1.165, 1.54) is 36.8 Å². The summed E-state index contributed by atoms with van der Waals surface area (Å²) in [4.78, 5) is 0. The Morgan fingerprint density at radius 1 is 1.07 bits per heavy atom. The highest BCUT2D eigenvalue weighted by atomic mass is 14.7. The zero-order valence-corrected chi connectivity index (χ0v) is 10.1. The molecule has 0 bridgehead atoms. The molecule has 3 rings (SSSR count). The van der Waals surface area contributed by atoms with Gasteiger partial charge in [0.1, 0.15) is 0 Å². The van der Waals surface area contributed by atoms with Gasteiger partial charge in [0, 0.05) is 0 Å². The van der Waals surface area contributed by atoms with Crippen molar-refractivity contribution in [3.8, 4) is 0 Å². The topological polar surface area (TPSA) is 0 Å². The second-order valence-corrected chi connectivity index (χ2v) is 6.48. The number of fused-ring (bicyclic) bond motifs is 3. The maximum atomic E-state index is 4.32. The van der Waals surface area contributed by atoms with Crippen LogP contribution in [-0.4, -0.2) is 0 Å². The Bertz CT molecular complexity index is 334. The van der Waals surface area contributed by atoms with E-state index in [-0.39, 0.29) is 0 Å². The second kappa shape index (κ2) is 2.78. The molecule has 15 heavy (non-hydrogen) atoms. The van der Waals surface area contributed by atoms with Gasteiger partial charge >= 0.3 is 0 Å². The van der Waals surface area contributed by atoms with Gasteiger partial charge in [-0.3, -0.25) is 0 Å². The van der Waals surface area contributed by atoms with E-state index in [1.807, 2.05) is 0 Å². The van der Waals surface area contributed by atoms with Gasteiger partial charge in [0.2, 0.25) is 0 Å². The molecule has 0 spiro atoms. The van der Waals surface area contributed by atoms with Gasteiger partial charge < -0.3 is 0 Å². The van der Waals surface area contributed by atoms with Gasteiger partial charge in [-0.25, -0.2) is 0 Å². The van der Waals surface area contributed by atoms with E-state index >= 15 is 0 Å². The van der Waals surface area contributed by atoms with Gasteiger partial charge in [-0.05, 0) is 54.8 Å². The predicted molar refractivity (Wildman–Crippen MR) is 64.5 cm³/mol. The molecule has 4 unspecified atom stereocenters. The SMILES string of the molecule is C=C1CCC2C(C3C(=C)CCC13)C2(C)C. The first-order chi connectivity index (χ1) is 7.03. The summed E-state index contributed by atoms with van der Waals surface area (Å²) in [6.45, 7) is 13.5. The Morgan fingerprint density at radius 3 is 2.47 bits per heavy atom. The lowest BCUT2D eigenvalue weighted by Crippen LogP contribution is -2.15. The molecular formula is C15H22. The maximum Gasteiger partial charge on any atom is -0.0104 e. The van der Waals surface area contributed by atoms with Gasteiger partial charge in [-0.15, -0.1) is 0 Å². The van der Waals surface area contributed by atoms with Crippen LogP contribution in [0.1, 0.15) is 39.5 Å². The first-order valence-corrected chi connectivity index (χ1v) is 6.39. The van der Waals surface area contributed by atoms with Crippen molar-refractivity contribution in [3.63, 3.8) is 0 Å². The largest absolute Gasteiger partial charge is 0.0996 e. The predicted octanol–water partition coefficient (Wildman–Crippen LogP) is 4.19. The van der Waals surface area contributed by atoms with Crippen molar-refractivity contribution in [2.75, 3.05) is 0 Å². The van der Waals surface area contributed by atoms with E-state index in [2.05, 4.69) is 27.0 Å².